The van der Waals surface area contributed by atoms with E-state index in [0.29, 0.717) is 0 Å². The molecule has 2 heterocycles. The van der Waals surface area contributed by atoms with Crippen LogP contribution in [0.3, 0.4) is 0 Å². The van der Waals surface area contributed by atoms with Gasteiger partial charge in [-0.05, 0) is 32.9 Å². The molecule has 0 spiro atoms. The SMILES string of the molecule is Cc1c(C(C#N)N2CCCCC2)nc(-c2ccccc2)n1C. The van der Waals surface area contributed by atoms with Gasteiger partial charge in [-0.3, -0.25) is 4.90 Å². The number of imidazole rings is 1. The van der Waals surface area contributed by atoms with Crippen LogP contribution < -0.4 is 0 Å². The summed E-state index contributed by atoms with van der Waals surface area (Å²) in [5.74, 6) is 0.936. The lowest BCUT2D eigenvalue weighted by Gasteiger charge is -2.29. The first-order valence-corrected chi connectivity index (χ1v) is 7.94. The molecule has 1 fully saturated rings. The van der Waals surface area contributed by atoms with E-state index in [2.05, 4.69) is 34.6 Å². The molecule has 1 aromatic carbocycles. The fraction of sp³-hybridized carbons (Fsp3) is 0.444. The Bertz CT molecular complexity index is 675. The van der Waals surface area contributed by atoms with E-state index in [-0.39, 0.29) is 6.04 Å². The number of piperidine rings is 1. The lowest BCUT2D eigenvalue weighted by Crippen LogP contribution is -2.33. The van der Waals surface area contributed by atoms with E-state index in [4.69, 9.17) is 4.98 Å². The zero-order chi connectivity index (χ0) is 15.5. The minimum absolute atomic E-state index is 0.232. The lowest BCUT2D eigenvalue weighted by atomic mass is 10.1. The summed E-state index contributed by atoms with van der Waals surface area (Å²) < 4.78 is 2.10. The second kappa shape index (κ2) is 6.33. The summed E-state index contributed by atoms with van der Waals surface area (Å²) >= 11 is 0. The maximum absolute atomic E-state index is 9.69. The number of nitriles is 1. The number of hydrogen-bond donors (Lipinski definition) is 0. The predicted octanol–water partition coefficient (Wildman–Crippen LogP) is 3.45. The largest absolute Gasteiger partial charge is 0.331 e. The third kappa shape index (κ3) is 2.65. The molecule has 0 N–H and O–H groups in total. The first kappa shape index (κ1) is 14.8. The molecule has 1 atom stereocenters. The number of nitrogens with zero attached hydrogens (tertiary/aromatic N) is 4. The number of rotatable bonds is 3. The fourth-order valence-corrected chi connectivity index (χ4v) is 3.20. The van der Waals surface area contributed by atoms with Crippen LogP contribution in [-0.4, -0.2) is 27.5 Å². The molecule has 22 heavy (non-hydrogen) atoms. The van der Waals surface area contributed by atoms with Gasteiger partial charge in [-0.2, -0.15) is 5.26 Å². The summed E-state index contributed by atoms with van der Waals surface area (Å²) in [6.07, 6.45) is 3.62. The van der Waals surface area contributed by atoms with Gasteiger partial charge < -0.3 is 4.57 Å². The molecule has 1 saturated heterocycles. The minimum Gasteiger partial charge on any atom is -0.331 e. The molecule has 0 aliphatic carbocycles. The highest BCUT2D eigenvalue weighted by molar-refractivity contribution is 5.57. The van der Waals surface area contributed by atoms with Gasteiger partial charge in [-0.15, -0.1) is 0 Å². The first-order chi connectivity index (χ1) is 10.7. The van der Waals surface area contributed by atoms with E-state index in [1.807, 2.05) is 25.2 Å². The van der Waals surface area contributed by atoms with E-state index in [0.717, 1.165) is 35.9 Å². The van der Waals surface area contributed by atoms with Crippen molar-refractivity contribution < 1.29 is 0 Å². The average molecular weight is 294 g/mol. The van der Waals surface area contributed by atoms with Crippen LogP contribution in [0.1, 0.15) is 36.7 Å². The van der Waals surface area contributed by atoms with Crippen LogP contribution in [0.25, 0.3) is 11.4 Å². The monoisotopic (exact) mass is 294 g/mol. The Morgan fingerprint density at radius 2 is 1.82 bits per heavy atom. The fourth-order valence-electron chi connectivity index (χ4n) is 3.20. The zero-order valence-electron chi connectivity index (χ0n) is 13.3. The maximum atomic E-state index is 9.69. The van der Waals surface area contributed by atoms with Crippen molar-refractivity contribution in [1.82, 2.24) is 14.5 Å². The smallest absolute Gasteiger partial charge is 0.142 e. The molecular formula is C18H22N4. The standard InChI is InChI=1S/C18H22N4/c1-14-17(16(13-19)22-11-7-4-8-12-22)20-18(21(14)2)15-9-5-3-6-10-15/h3,5-6,9-10,16H,4,7-8,11-12H2,1-2H3. The van der Waals surface area contributed by atoms with Gasteiger partial charge in [-0.25, -0.2) is 4.98 Å². The van der Waals surface area contributed by atoms with Crippen LogP contribution in [0.2, 0.25) is 0 Å². The van der Waals surface area contributed by atoms with Gasteiger partial charge in [0.1, 0.15) is 11.9 Å². The minimum atomic E-state index is -0.232. The molecule has 3 rings (SSSR count). The van der Waals surface area contributed by atoms with E-state index in [1.165, 1.54) is 19.3 Å². The van der Waals surface area contributed by atoms with E-state index in [9.17, 15) is 5.26 Å². The van der Waals surface area contributed by atoms with Crippen molar-refractivity contribution in [2.24, 2.45) is 7.05 Å². The molecule has 1 aliphatic heterocycles. The molecule has 0 amide bonds. The third-order valence-electron chi connectivity index (χ3n) is 4.59. The Hall–Kier alpha value is -2.12. The highest BCUT2D eigenvalue weighted by atomic mass is 15.2. The Kier molecular flexibility index (Phi) is 4.26. The summed E-state index contributed by atoms with van der Waals surface area (Å²) in [7, 11) is 2.03. The van der Waals surface area contributed by atoms with E-state index in [1.54, 1.807) is 0 Å². The molecule has 0 bridgehead atoms. The summed E-state index contributed by atoms with van der Waals surface area (Å²) in [4.78, 5) is 7.10. The molecule has 1 aromatic heterocycles. The lowest BCUT2D eigenvalue weighted by molar-refractivity contribution is 0.193. The zero-order valence-corrected chi connectivity index (χ0v) is 13.3. The van der Waals surface area contributed by atoms with Gasteiger partial charge in [0, 0.05) is 18.3 Å². The average Bonchev–Trinajstić information content (AvgIpc) is 2.86. The summed E-state index contributed by atoms with van der Waals surface area (Å²) in [5, 5.41) is 9.69. The van der Waals surface area contributed by atoms with E-state index >= 15 is 0 Å². The summed E-state index contributed by atoms with van der Waals surface area (Å²) in [6.45, 7) is 4.05. The number of hydrogen-bond acceptors (Lipinski definition) is 3. The Balaban J connectivity index is 1.99. The van der Waals surface area contributed by atoms with Crippen molar-refractivity contribution in [2.75, 3.05) is 13.1 Å². The Labute approximate surface area is 132 Å². The maximum Gasteiger partial charge on any atom is 0.142 e. The van der Waals surface area contributed by atoms with Gasteiger partial charge >= 0.3 is 0 Å². The van der Waals surface area contributed by atoms with Gasteiger partial charge in [0.05, 0.1) is 11.8 Å². The molecule has 4 heteroatoms. The quantitative estimate of drug-likeness (QED) is 0.871. The number of likely N-dealkylation sites (tertiary alicyclic amines) is 1. The molecule has 0 radical (unpaired) electrons. The first-order valence-electron chi connectivity index (χ1n) is 7.94. The molecule has 2 aromatic rings. The van der Waals surface area contributed by atoms with Gasteiger partial charge in [0.15, 0.2) is 0 Å². The molecular weight excluding hydrogens is 272 g/mol. The van der Waals surface area contributed by atoms with Crippen LogP contribution in [0.5, 0.6) is 0 Å². The van der Waals surface area contributed by atoms with Crippen molar-refractivity contribution in [1.29, 1.82) is 5.26 Å². The second-order valence-electron chi connectivity index (χ2n) is 5.96. The molecule has 4 nitrogen and oxygen atoms in total. The van der Waals surface area contributed by atoms with Crippen LogP contribution in [-0.2, 0) is 7.05 Å². The van der Waals surface area contributed by atoms with Crippen molar-refractivity contribution in [3.63, 3.8) is 0 Å². The van der Waals surface area contributed by atoms with Gasteiger partial charge in [0.25, 0.3) is 0 Å². The van der Waals surface area contributed by atoms with E-state index < -0.39 is 0 Å². The predicted molar refractivity (Wildman–Crippen MR) is 87.2 cm³/mol. The highest BCUT2D eigenvalue weighted by Crippen LogP contribution is 2.29. The third-order valence-corrected chi connectivity index (χ3v) is 4.59. The van der Waals surface area contributed by atoms with Crippen molar-refractivity contribution in [2.45, 2.75) is 32.2 Å². The summed E-state index contributed by atoms with van der Waals surface area (Å²) in [5.41, 5.74) is 3.08. The highest BCUT2D eigenvalue weighted by Gasteiger charge is 2.27. The molecule has 114 valence electrons. The topological polar surface area (TPSA) is 44.9 Å². The van der Waals surface area contributed by atoms with Crippen LogP contribution in [0, 0.1) is 18.3 Å². The van der Waals surface area contributed by atoms with Crippen LogP contribution in [0.4, 0.5) is 0 Å². The normalized spacial score (nSPS) is 17.1. The Morgan fingerprint density at radius 1 is 1.14 bits per heavy atom. The number of benzene rings is 1. The summed E-state index contributed by atoms with van der Waals surface area (Å²) in [6, 6.07) is 12.4. The van der Waals surface area contributed by atoms with Crippen molar-refractivity contribution >= 4 is 0 Å². The Morgan fingerprint density at radius 3 is 2.45 bits per heavy atom. The molecule has 1 unspecified atom stereocenters. The second-order valence-corrected chi connectivity index (χ2v) is 5.96. The van der Waals surface area contributed by atoms with Gasteiger partial charge in [0.2, 0.25) is 0 Å². The molecule has 0 saturated carbocycles. The molecule has 1 aliphatic rings. The number of aromatic nitrogens is 2. The van der Waals surface area contributed by atoms with Crippen molar-refractivity contribution in [3.05, 3.63) is 41.7 Å². The van der Waals surface area contributed by atoms with Crippen molar-refractivity contribution in [3.8, 4) is 17.5 Å². The van der Waals surface area contributed by atoms with Crippen LogP contribution in [0.15, 0.2) is 30.3 Å². The van der Waals surface area contributed by atoms with Gasteiger partial charge in [-0.1, -0.05) is 36.8 Å². The van der Waals surface area contributed by atoms with Crippen LogP contribution >= 0.6 is 0 Å².